The Hall–Kier alpha value is -3.75. The van der Waals surface area contributed by atoms with Crippen molar-refractivity contribution in [3.8, 4) is 17.2 Å². The van der Waals surface area contributed by atoms with Crippen LogP contribution in [0.2, 0.25) is 0 Å². The Morgan fingerprint density at radius 1 is 1.13 bits per heavy atom. The number of hydrogen-bond acceptors (Lipinski definition) is 5. The van der Waals surface area contributed by atoms with Crippen LogP contribution in [0.15, 0.2) is 42.6 Å². The summed E-state index contributed by atoms with van der Waals surface area (Å²) in [4.78, 5) is 27.0. The lowest BCUT2D eigenvalue weighted by Gasteiger charge is -2.16. The number of nitrogens with two attached hydrogens (primary N) is 1. The van der Waals surface area contributed by atoms with Crippen LogP contribution < -0.4 is 15.2 Å². The van der Waals surface area contributed by atoms with Crippen molar-refractivity contribution >= 4 is 22.8 Å². The van der Waals surface area contributed by atoms with E-state index in [0.717, 1.165) is 24.0 Å². The first kappa shape index (κ1) is 19.6. The molecular formula is C21H23N5O4. The molecule has 1 aliphatic rings. The standard InChI is InChI=1S/C21H23N5O4/c1-24-7-8-26(21(24)28)9-10-29-16-3-5-17(6-4-16)30-18-12-14(20(22)27)11-15-13-23-25(2)19(15)18/h3-6,11-13H,7-10H2,1-2H3,(H2,22,27). The number of carbonyl (C=O) groups excluding carboxylic acids is 2. The molecule has 0 bridgehead atoms. The molecule has 1 fully saturated rings. The van der Waals surface area contributed by atoms with E-state index in [4.69, 9.17) is 15.2 Å². The maximum Gasteiger partial charge on any atom is 0.319 e. The number of rotatable bonds is 7. The Balaban J connectivity index is 1.43. The number of amides is 3. The monoisotopic (exact) mass is 409 g/mol. The van der Waals surface area contributed by atoms with Gasteiger partial charge in [0.2, 0.25) is 5.91 Å². The molecule has 9 nitrogen and oxygen atoms in total. The zero-order chi connectivity index (χ0) is 21.3. The van der Waals surface area contributed by atoms with Crippen LogP contribution in [0.5, 0.6) is 17.2 Å². The van der Waals surface area contributed by atoms with Gasteiger partial charge in [0.25, 0.3) is 0 Å². The molecule has 0 spiro atoms. The first-order valence-electron chi connectivity index (χ1n) is 9.58. The van der Waals surface area contributed by atoms with Gasteiger partial charge in [-0.05, 0) is 36.4 Å². The minimum atomic E-state index is -0.531. The second-order valence-electron chi connectivity index (χ2n) is 7.16. The average molecular weight is 409 g/mol. The number of urea groups is 1. The van der Waals surface area contributed by atoms with Gasteiger partial charge in [0, 0.05) is 38.1 Å². The fourth-order valence-corrected chi connectivity index (χ4v) is 3.42. The predicted molar refractivity (Wildman–Crippen MR) is 111 cm³/mol. The Kier molecular flexibility index (Phi) is 5.18. The molecule has 3 amide bonds. The number of carbonyl (C=O) groups is 2. The van der Waals surface area contributed by atoms with E-state index < -0.39 is 5.91 Å². The van der Waals surface area contributed by atoms with Crippen LogP contribution in [-0.2, 0) is 7.05 Å². The normalized spacial score (nSPS) is 13.9. The van der Waals surface area contributed by atoms with Crippen LogP contribution in [0.25, 0.3) is 10.9 Å². The number of ether oxygens (including phenoxy) is 2. The number of likely N-dealkylation sites (N-methyl/N-ethyl adjacent to an activating group) is 1. The van der Waals surface area contributed by atoms with Gasteiger partial charge in [-0.3, -0.25) is 9.48 Å². The highest BCUT2D eigenvalue weighted by Crippen LogP contribution is 2.32. The third kappa shape index (κ3) is 3.86. The summed E-state index contributed by atoms with van der Waals surface area (Å²) in [6, 6.07) is 10.5. The van der Waals surface area contributed by atoms with E-state index in [1.165, 1.54) is 0 Å². The lowest BCUT2D eigenvalue weighted by molar-refractivity contribution is 0.1000. The first-order valence-corrected chi connectivity index (χ1v) is 9.58. The molecule has 30 heavy (non-hydrogen) atoms. The molecule has 3 aromatic rings. The van der Waals surface area contributed by atoms with Gasteiger partial charge in [-0.1, -0.05) is 0 Å². The molecule has 0 atom stereocenters. The lowest BCUT2D eigenvalue weighted by Crippen LogP contribution is -2.32. The Morgan fingerprint density at radius 2 is 1.87 bits per heavy atom. The van der Waals surface area contributed by atoms with Crippen molar-refractivity contribution in [2.45, 2.75) is 0 Å². The summed E-state index contributed by atoms with van der Waals surface area (Å²) in [6.07, 6.45) is 1.66. The van der Waals surface area contributed by atoms with E-state index in [2.05, 4.69) is 5.10 Å². The third-order valence-corrected chi connectivity index (χ3v) is 5.07. The lowest BCUT2D eigenvalue weighted by atomic mass is 10.1. The van der Waals surface area contributed by atoms with Gasteiger partial charge in [0.1, 0.15) is 23.6 Å². The molecular weight excluding hydrogens is 386 g/mol. The van der Waals surface area contributed by atoms with Gasteiger partial charge in [0.05, 0.1) is 12.7 Å². The molecule has 1 saturated heterocycles. The number of nitrogens with zero attached hydrogens (tertiary/aromatic N) is 4. The second-order valence-corrected chi connectivity index (χ2v) is 7.16. The predicted octanol–water partition coefficient (Wildman–Crippen LogP) is 2.21. The zero-order valence-corrected chi connectivity index (χ0v) is 16.9. The van der Waals surface area contributed by atoms with E-state index in [0.29, 0.717) is 36.0 Å². The summed E-state index contributed by atoms with van der Waals surface area (Å²) >= 11 is 0. The molecule has 0 radical (unpaired) electrons. The first-order chi connectivity index (χ1) is 14.4. The van der Waals surface area contributed by atoms with Crippen LogP contribution in [0.1, 0.15) is 10.4 Å². The molecule has 156 valence electrons. The Morgan fingerprint density at radius 3 is 2.53 bits per heavy atom. The number of aromatic nitrogens is 2. The molecule has 1 aliphatic heterocycles. The number of hydrogen-bond donors (Lipinski definition) is 1. The van der Waals surface area contributed by atoms with Gasteiger partial charge >= 0.3 is 6.03 Å². The SMILES string of the molecule is CN1CCN(CCOc2ccc(Oc3cc(C(N)=O)cc4cnn(C)c34)cc2)C1=O. The largest absolute Gasteiger partial charge is 0.492 e. The summed E-state index contributed by atoms with van der Waals surface area (Å²) < 4.78 is 13.4. The minimum Gasteiger partial charge on any atom is -0.492 e. The van der Waals surface area contributed by atoms with Crippen molar-refractivity contribution in [3.05, 3.63) is 48.2 Å². The van der Waals surface area contributed by atoms with E-state index in [9.17, 15) is 9.59 Å². The van der Waals surface area contributed by atoms with Gasteiger partial charge < -0.3 is 25.0 Å². The maximum absolute atomic E-state index is 11.9. The van der Waals surface area contributed by atoms with Crippen LogP contribution in [0, 0.1) is 0 Å². The average Bonchev–Trinajstić information content (AvgIpc) is 3.26. The fraction of sp³-hybridized carbons (Fsp3) is 0.286. The molecule has 2 N–H and O–H groups in total. The van der Waals surface area contributed by atoms with E-state index in [-0.39, 0.29) is 6.03 Å². The summed E-state index contributed by atoms with van der Waals surface area (Å²) in [7, 11) is 3.60. The highest BCUT2D eigenvalue weighted by atomic mass is 16.5. The van der Waals surface area contributed by atoms with Crippen molar-refractivity contribution in [3.63, 3.8) is 0 Å². The summed E-state index contributed by atoms with van der Waals surface area (Å²) in [5.41, 5.74) is 6.55. The Bertz CT molecular complexity index is 1090. The molecule has 0 aliphatic carbocycles. The van der Waals surface area contributed by atoms with E-state index >= 15 is 0 Å². The van der Waals surface area contributed by atoms with Crippen LogP contribution in [0.3, 0.4) is 0 Å². The molecule has 0 unspecified atom stereocenters. The molecule has 4 rings (SSSR count). The third-order valence-electron chi connectivity index (χ3n) is 5.07. The molecule has 1 aromatic heterocycles. The van der Waals surface area contributed by atoms with Gasteiger partial charge in [-0.2, -0.15) is 5.10 Å². The zero-order valence-electron chi connectivity index (χ0n) is 16.9. The number of aryl methyl sites for hydroxylation is 1. The fourth-order valence-electron chi connectivity index (χ4n) is 3.42. The number of benzene rings is 2. The summed E-state index contributed by atoms with van der Waals surface area (Å²) in [5.74, 6) is 1.23. The van der Waals surface area contributed by atoms with Crippen molar-refractivity contribution in [1.29, 1.82) is 0 Å². The van der Waals surface area contributed by atoms with Crippen molar-refractivity contribution in [2.75, 3.05) is 33.3 Å². The maximum atomic E-state index is 11.9. The van der Waals surface area contributed by atoms with Crippen LogP contribution in [-0.4, -0.2) is 64.8 Å². The molecule has 2 heterocycles. The van der Waals surface area contributed by atoms with Gasteiger partial charge in [0.15, 0.2) is 5.75 Å². The number of fused-ring (bicyclic) bond motifs is 1. The Labute approximate surface area is 173 Å². The molecule has 9 heteroatoms. The molecule has 0 saturated carbocycles. The van der Waals surface area contributed by atoms with Crippen molar-refractivity contribution in [1.82, 2.24) is 19.6 Å². The van der Waals surface area contributed by atoms with Gasteiger partial charge in [-0.15, -0.1) is 0 Å². The van der Waals surface area contributed by atoms with Crippen LogP contribution >= 0.6 is 0 Å². The highest BCUT2D eigenvalue weighted by Gasteiger charge is 2.24. The second kappa shape index (κ2) is 7.94. The smallest absolute Gasteiger partial charge is 0.319 e. The van der Waals surface area contributed by atoms with E-state index in [1.54, 1.807) is 71.2 Å². The minimum absolute atomic E-state index is 0.0296. The summed E-state index contributed by atoms with van der Waals surface area (Å²) in [5, 5.41) is 4.99. The van der Waals surface area contributed by atoms with Crippen molar-refractivity contribution < 1.29 is 19.1 Å². The van der Waals surface area contributed by atoms with Crippen LogP contribution in [0.4, 0.5) is 4.79 Å². The highest BCUT2D eigenvalue weighted by molar-refractivity contribution is 5.99. The quantitative estimate of drug-likeness (QED) is 0.644. The topological polar surface area (TPSA) is 103 Å². The van der Waals surface area contributed by atoms with Crippen molar-refractivity contribution in [2.24, 2.45) is 12.8 Å². The molecule has 2 aromatic carbocycles. The number of primary amides is 1. The van der Waals surface area contributed by atoms with Gasteiger partial charge in [-0.25, -0.2) is 4.79 Å². The van der Waals surface area contributed by atoms with E-state index in [1.807, 2.05) is 0 Å². The summed E-state index contributed by atoms with van der Waals surface area (Å²) in [6.45, 7) is 2.42.